The second-order valence-electron chi connectivity index (χ2n) is 6.28. The lowest BCUT2D eigenvalue weighted by molar-refractivity contribution is 0.0227. The molecule has 2 fully saturated rings. The molecule has 0 saturated carbocycles. The van der Waals surface area contributed by atoms with E-state index in [1.807, 2.05) is 0 Å². The standard InChI is InChI=1S/C15H30N2O2/c1-13(2)10-16-11-14-4-5-15(19-14)12-17-6-3-8-18-9-7-17/h13-16H,3-12H2,1-2H3. The maximum absolute atomic E-state index is 6.14. The van der Waals surface area contributed by atoms with E-state index >= 15 is 0 Å². The number of nitrogens with zero attached hydrogens (tertiary/aromatic N) is 1. The Bertz CT molecular complexity index is 240. The normalized spacial score (nSPS) is 29.8. The molecule has 2 saturated heterocycles. The van der Waals surface area contributed by atoms with Gasteiger partial charge in [-0.05, 0) is 31.7 Å². The first-order valence-corrected chi connectivity index (χ1v) is 7.90. The van der Waals surface area contributed by atoms with Crippen molar-refractivity contribution in [1.29, 1.82) is 0 Å². The largest absolute Gasteiger partial charge is 0.380 e. The van der Waals surface area contributed by atoms with Crippen molar-refractivity contribution in [1.82, 2.24) is 10.2 Å². The molecule has 2 aliphatic heterocycles. The van der Waals surface area contributed by atoms with Gasteiger partial charge in [0.25, 0.3) is 0 Å². The number of ether oxygens (including phenoxy) is 2. The van der Waals surface area contributed by atoms with Gasteiger partial charge in [0.1, 0.15) is 0 Å². The van der Waals surface area contributed by atoms with Crippen molar-refractivity contribution in [3.05, 3.63) is 0 Å². The van der Waals surface area contributed by atoms with Crippen LogP contribution in [0.15, 0.2) is 0 Å². The van der Waals surface area contributed by atoms with Gasteiger partial charge in [0.05, 0.1) is 18.8 Å². The molecule has 2 unspecified atom stereocenters. The van der Waals surface area contributed by atoms with Gasteiger partial charge in [-0.3, -0.25) is 4.90 Å². The summed E-state index contributed by atoms with van der Waals surface area (Å²) in [6, 6.07) is 0. The van der Waals surface area contributed by atoms with Gasteiger partial charge in [-0.2, -0.15) is 0 Å². The molecule has 19 heavy (non-hydrogen) atoms. The molecule has 0 bridgehead atoms. The summed E-state index contributed by atoms with van der Waals surface area (Å²) in [6.45, 7) is 11.7. The van der Waals surface area contributed by atoms with Gasteiger partial charge in [0.15, 0.2) is 0 Å². The van der Waals surface area contributed by atoms with Gasteiger partial charge in [-0.25, -0.2) is 0 Å². The van der Waals surface area contributed by atoms with Crippen LogP contribution in [0.4, 0.5) is 0 Å². The average molecular weight is 270 g/mol. The van der Waals surface area contributed by atoms with Crippen molar-refractivity contribution in [2.45, 2.75) is 45.3 Å². The highest BCUT2D eigenvalue weighted by Gasteiger charge is 2.26. The SMILES string of the molecule is CC(C)CNCC1CCC(CN2CCCOCC2)O1. The summed E-state index contributed by atoms with van der Waals surface area (Å²) in [6.07, 6.45) is 4.44. The quantitative estimate of drug-likeness (QED) is 0.793. The third-order valence-electron chi connectivity index (χ3n) is 3.90. The maximum atomic E-state index is 6.14. The summed E-state index contributed by atoms with van der Waals surface area (Å²) in [4.78, 5) is 2.50. The maximum Gasteiger partial charge on any atom is 0.0707 e. The zero-order valence-corrected chi connectivity index (χ0v) is 12.6. The molecule has 2 atom stereocenters. The minimum Gasteiger partial charge on any atom is -0.380 e. The Balaban J connectivity index is 1.61. The highest BCUT2D eigenvalue weighted by atomic mass is 16.5. The van der Waals surface area contributed by atoms with Crippen molar-refractivity contribution < 1.29 is 9.47 Å². The topological polar surface area (TPSA) is 33.7 Å². The lowest BCUT2D eigenvalue weighted by atomic mass is 10.1. The van der Waals surface area contributed by atoms with Crippen LogP contribution in [0, 0.1) is 5.92 Å². The Morgan fingerprint density at radius 1 is 1.16 bits per heavy atom. The van der Waals surface area contributed by atoms with Crippen LogP contribution in [0.5, 0.6) is 0 Å². The van der Waals surface area contributed by atoms with Crippen LogP contribution in [-0.4, -0.2) is 63.0 Å². The van der Waals surface area contributed by atoms with Crippen molar-refractivity contribution in [3.63, 3.8) is 0 Å². The van der Waals surface area contributed by atoms with Crippen molar-refractivity contribution in [3.8, 4) is 0 Å². The highest BCUT2D eigenvalue weighted by Crippen LogP contribution is 2.20. The first kappa shape index (κ1) is 15.2. The molecular formula is C15H30N2O2. The summed E-state index contributed by atoms with van der Waals surface area (Å²) in [5, 5.41) is 3.50. The van der Waals surface area contributed by atoms with E-state index in [-0.39, 0.29) is 0 Å². The molecule has 0 aromatic heterocycles. The van der Waals surface area contributed by atoms with Gasteiger partial charge in [0, 0.05) is 32.8 Å². The second kappa shape index (κ2) is 8.20. The third kappa shape index (κ3) is 5.78. The number of hydrogen-bond acceptors (Lipinski definition) is 4. The van der Waals surface area contributed by atoms with Crippen LogP contribution >= 0.6 is 0 Å². The van der Waals surface area contributed by atoms with Crippen molar-refractivity contribution >= 4 is 0 Å². The van der Waals surface area contributed by atoms with Crippen LogP contribution in [0.2, 0.25) is 0 Å². The molecule has 0 spiro atoms. The van der Waals surface area contributed by atoms with Crippen LogP contribution in [0.3, 0.4) is 0 Å². The minimum absolute atomic E-state index is 0.423. The predicted molar refractivity (Wildman–Crippen MR) is 77.5 cm³/mol. The summed E-state index contributed by atoms with van der Waals surface area (Å²) < 4.78 is 11.6. The summed E-state index contributed by atoms with van der Waals surface area (Å²) in [5.41, 5.74) is 0. The van der Waals surface area contributed by atoms with E-state index in [1.165, 1.54) is 12.8 Å². The van der Waals surface area contributed by atoms with Crippen LogP contribution in [0.1, 0.15) is 33.1 Å². The van der Waals surface area contributed by atoms with Crippen LogP contribution in [-0.2, 0) is 9.47 Å². The number of hydrogen-bond donors (Lipinski definition) is 1. The van der Waals surface area contributed by atoms with Gasteiger partial charge < -0.3 is 14.8 Å². The van der Waals surface area contributed by atoms with Gasteiger partial charge >= 0.3 is 0 Å². The molecule has 2 heterocycles. The van der Waals surface area contributed by atoms with E-state index in [4.69, 9.17) is 9.47 Å². The molecule has 0 aromatic rings. The van der Waals surface area contributed by atoms with Crippen LogP contribution < -0.4 is 5.32 Å². The van der Waals surface area contributed by atoms with E-state index in [1.54, 1.807) is 0 Å². The van der Waals surface area contributed by atoms with E-state index < -0.39 is 0 Å². The zero-order chi connectivity index (χ0) is 13.5. The second-order valence-corrected chi connectivity index (χ2v) is 6.28. The molecule has 2 rings (SSSR count). The van der Waals surface area contributed by atoms with E-state index in [9.17, 15) is 0 Å². The fourth-order valence-corrected chi connectivity index (χ4v) is 2.87. The Labute approximate surface area is 117 Å². The monoisotopic (exact) mass is 270 g/mol. The van der Waals surface area contributed by atoms with Crippen LogP contribution in [0.25, 0.3) is 0 Å². The predicted octanol–water partition coefficient (Wildman–Crippen LogP) is 1.50. The van der Waals surface area contributed by atoms with Gasteiger partial charge in [0.2, 0.25) is 0 Å². The van der Waals surface area contributed by atoms with E-state index in [2.05, 4.69) is 24.1 Å². The molecule has 112 valence electrons. The summed E-state index contributed by atoms with van der Waals surface area (Å²) in [7, 11) is 0. The van der Waals surface area contributed by atoms with Crippen molar-refractivity contribution in [2.24, 2.45) is 5.92 Å². The smallest absolute Gasteiger partial charge is 0.0707 e. The molecule has 0 aromatic carbocycles. The van der Waals surface area contributed by atoms with Gasteiger partial charge in [-0.15, -0.1) is 0 Å². The van der Waals surface area contributed by atoms with E-state index in [0.717, 1.165) is 52.4 Å². The summed E-state index contributed by atoms with van der Waals surface area (Å²) in [5.74, 6) is 0.717. The Kier molecular flexibility index (Phi) is 6.57. The molecule has 0 radical (unpaired) electrons. The fraction of sp³-hybridized carbons (Fsp3) is 1.00. The molecular weight excluding hydrogens is 240 g/mol. The zero-order valence-electron chi connectivity index (χ0n) is 12.6. The lowest BCUT2D eigenvalue weighted by Crippen LogP contribution is -2.35. The lowest BCUT2D eigenvalue weighted by Gasteiger charge is -2.23. The first-order chi connectivity index (χ1) is 9.24. The molecule has 1 N–H and O–H groups in total. The minimum atomic E-state index is 0.423. The number of rotatable bonds is 6. The van der Waals surface area contributed by atoms with Crippen molar-refractivity contribution in [2.75, 3.05) is 45.9 Å². The third-order valence-corrected chi connectivity index (χ3v) is 3.90. The molecule has 2 aliphatic rings. The first-order valence-electron chi connectivity index (χ1n) is 7.90. The molecule has 4 nitrogen and oxygen atoms in total. The highest BCUT2D eigenvalue weighted by molar-refractivity contribution is 4.78. The Morgan fingerprint density at radius 3 is 2.84 bits per heavy atom. The van der Waals surface area contributed by atoms with Gasteiger partial charge in [-0.1, -0.05) is 13.8 Å². The Morgan fingerprint density at radius 2 is 2.00 bits per heavy atom. The molecule has 0 aliphatic carbocycles. The van der Waals surface area contributed by atoms with E-state index in [0.29, 0.717) is 18.1 Å². The number of nitrogens with one attached hydrogen (secondary N) is 1. The molecule has 4 heteroatoms. The molecule has 0 amide bonds. The fourth-order valence-electron chi connectivity index (χ4n) is 2.87. The summed E-state index contributed by atoms with van der Waals surface area (Å²) >= 11 is 0. The Hall–Kier alpha value is -0.160. The average Bonchev–Trinajstić information content (AvgIpc) is 2.65.